The lowest BCUT2D eigenvalue weighted by Crippen LogP contribution is -1.96. The summed E-state index contributed by atoms with van der Waals surface area (Å²) in [5, 5.41) is 0. The van der Waals surface area contributed by atoms with Crippen molar-refractivity contribution >= 4 is 11.6 Å². The second-order valence-corrected chi connectivity index (χ2v) is 1.65. The average Bonchev–Trinajstić information content (AvgIpc) is 1.81. The number of rotatable bonds is 2. The molecule has 0 aliphatic rings. The van der Waals surface area contributed by atoms with Crippen LogP contribution in [0.15, 0.2) is 0 Å². The lowest BCUT2D eigenvalue weighted by Gasteiger charge is -1.82. The number of alkyl halides is 1. The van der Waals surface area contributed by atoms with Gasteiger partial charge in [-0.15, -0.1) is 17.5 Å². The number of hydrogen-bond acceptors (Lipinski definition) is 1. The van der Waals surface area contributed by atoms with Crippen molar-refractivity contribution in [2.75, 3.05) is 12.4 Å². The van der Waals surface area contributed by atoms with Gasteiger partial charge >= 0.3 is 0 Å². The molecule has 0 saturated heterocycles. The van der Waals surface area contributed by atoms with Gasteiger partial charge in [0.25, 0.3) is 0 Å². The summed E-state index contributed by atoms with van der Waals surface area (Å²) >= 11 is 5.28. The van der Waals surface area contributed by atoms with Gasteiger partial charge in [-0.2, -0.15) is 0 Å². The van der Waals surface area contributed by atoms with E-state index >= 15 is 0 Å². The molecule has 0 rings (SSSR count). The lowest BCUT2D eigenvalue weighted by atomic mass is 10.3. The Labute approximate surface area is 55.2 Å². The SMILES string of the molecule is NCCCC#CCCl. The number of nitrogens with two attached hydrogens (primary N) is 1. The van der Waals surface area contributed by atoms with Crippen molar-refractivity contribution in [1.82, 2.24) is 0 Å². The molecule has 0 aromatic carbocycles. The van der Waals surface area contributed by atoms with Crippen molar-refractivity contribution in [3.8, 4) is 11.8 Å². The second-order valence-electron chi connectivity index (χ2n) is 1.38. The quantitative estimate of drug-likeness (QED) is 0.337. The second kappa shape index (κ2) is 6.81. The summed E-state index contributed by atoms with van der Waals surface area (Å²) in [6.07, 6.45) is 1.85. The molecule has 0 aliphatic carbocycles. The zero-order valence-corrected chi connectivity index (χ0v) is 5.54. The molecule has 0 radical (unpaired) electrons. The fraction of sp³-hybridized carbons (Fsp3) is 0.667. The summed E-state index contributed by atoms with van der Waals surface area (Å²) in [6.45, 7) is 0.719. The van der Waals surface area contributed by atoms with Crippen molar-refractivity contribution in [3.63, 3.8) is 0 Å². The first-order chi connectivity index (χ1) is 3.91. The Morgan fingerprint density at radius 2 is 2.12 bits per heavy atom. The van der Waals surface area contributed by atoms with Crippen LogP contribution in [0.2, 0.25) is 0 Å². The molecule has 0 atom stereocenters. The van der Waals surface area contributed by atoms with Crippen molar-refractivity contribution in [2.24, 2.45) is 5.73 Å². The molecule has 0 saturated carbocycles. The van der Waals surface area contributed by atoms with E-state index in [1.807, 2.05) is 0 Å². The van der Waals surface area contributed by atoms with E-state index in [2.05, 4.69) is 11.8 Å². The fourth-order valence-corrected chi connectivity index (χ4v) is 0.421. The molecular formula is C6H10ClN. The van der Waals surface area contributed by atoms with Gasteiger partial charge in [0.05, 0.1) is 5.88 Å². The zero-order valence-electron chi connectivity index (χ0n) is 4.78. The fourth-order valence-electron chi connectivity index (χ4n) is 0.326. The van der Waals surface area contributed by atoms with Gasteiger partial charge in [0.1, 0.15) is 0 Å². The molecule has 0 unspecified atom stereocenters. The molecule has 0 aliphatic heterocycles. The molecule has 46 valence electrons. The van der Waals surface area contributed by atoms with E-state index in [4.69, 9.17) is 17.3 Å². The lowest BCUT2D eigenvalue weighted by molar-refractivity contribution is 0.870. The predicted molar refractivity (Wildman–Crippen MR) is 36.8 cm³/mol. The number of unbranched alkanes of at least 4 members (excludes halogenated alkanes) is 1. The largest absolute Gasteiger partial charge is 0.330 e. The topological polar surface area (TPSA) is 26.0 Å². The first-order valence-electron chi connectivity index (χ1n) is 2.63. The van der Waals surface area contributed by atoms with E-state index < -0.39 is 0 Å². The maximum absolute atomic E-state index is 5.28. The maximum atomic E-state index is 5.28. The molecule has 8 heavy (non-hydrogen) atoms. The first-order valence-corrected chi connectivity index (χ1v) is 3.17. The summed E-state index contributed by atoms with van der Waals surface area (Å²) in [6, 6.07) is 0. The van der Waals surface area contributed by atoms with Crippen LogP contribution < -0.4 is 5.73 Å². The summed E-state index contributed by atoms with van der Waals surface area (Å²) in [4.78, 5) is 0. The molecule has 0 heterocycles. The smallest absolute Gasteiger partial charge is 0.0835 e. The molecule has 0 aromatic heterocycles. The number of halogens is 1. The van der Waals surface area contributed by atoms with Crippen molar-refractivity contribution in [1.29, 1.82) is 0 Å². The Hall–Kier alpha value is -0.190. The normalized spacial score (nSPS) is 7.75. The Balaban J connectivity index is 2.90. The van der Waals surface area contributed by atoms with Gasteiger partial charge < -0.3 is 5.73 Å². The molecule has 0 fully saturated rings. The van der Waals surface area contributed by atoms with E-state index in [1.165, 1.54) is 0 Å². The van der Waals surface area contributed by atoms with Crippen LogP contribution in [0, 0.1) is 11.8 Å². The average molecular weight is 132 g/mol. The van der Waals surface area contributed by atoms with Crippen LogP contribution in [0.3, 0.4) is 0 Å². The first kappa shape index (κ1) is 7.81. The Bertz CT molecular complexity index is 90.4. The minimum atomic E-state index is 0.435. The highest BCUT2D eigenvalue weighted by Crippen LogP contribution is 1.80. The van der Waals surface area contributed by atoms with E-state index in [9.17, 15) is 0 Å². The molecule has 0 spiro atoms. The molecule has 1 nitrogen and oxygen atoms in total. The molecular weight excluding hydrogens is 122 g/mol. The third kappa shape index (κ3) is 5.81. The molecule has 0 bridgehead atoms. The van der Waals surface area contributed by atoms with Crippen LogP contribution in [0.5, 0.6) is 0 Å². The highest BCUT2D eigenvalue weighted by atomic mass is 35.5. The standard InChI is InChI=1S/C6H10ClN/c7-5-3-1-2-4-6-8/h2,4-6,8H2. The summed E-state index contributed by atoms with van der Waals surface area (Å²) in [5.41, 5.74) is 5.21. The summed E-state index contributed by atoms with van der Waals surface area (Å²) in [5.74, 6) is 6.05. The van der Waals surface area contributed by atoms with Gasteiger partial charge in [-0.05, 0) is 13.0 Å². The van der Waals surface area contributed by atoms with Gasteiger partial charge in [-0.3, -0.25) is 0 Å². The predicted octanol–water partition coefficient (Wildman–Crippen LogP) is 0.968. The Kier molecular flexibility index (Phi) is 6.65. The minimum absolute atomic E-state index is 0.435. The van der Waals surface area contributed by atoms with Crippen molar-refractivity contribution in [3.05, 3.63) is 0 Å². The van der Waals surface area contributed by atoms with E-state index in [0.717, 1.165) is 19.4 Å². The monoisotopic (exact) mass is 131 g/mol. The van der Waals surface area contributed by atoms with E-state index in [0.29, 0.717) is 5.88 Å². The van der Waals surface area contributed by atoms with Gasteiger partial charge in [-0.25, -0.2) is 0 Å². The van der Waals surface area contributed by atoms with Gasteiger partial charge in [0, 0.05) is 6.42 Å². The third-order valence-electron chi connectivity index (χ3n) is 0.698. The maximum Gasteiger partial charge on any atom is 0.0835 e. The zero-order chi connectivity index (χ0) is 6.24. The summed E-state index contributed by atoms with van der Waals surface area (Å²) < 4.78 is 0. The van der Waals surface area contributed by atoms with Gasteiger partial charge in [0.15, 0.2) is 0 Å². The Morgan fingerprint density at radius 3 is 2.62 bits per heavy atom. The van der Waals surface area contributed by atoms with Crippen LogP contribution >= 0.6 is 11.6 Å². The number of hydrogen-bond donors (Lipinski definition) is 1. The highest BCUT2D eigenvalue weighted by molar-refractivity contribution is 6.19. The van der Waals surface area contributed by atoms with Crippen molar-refractivity contribution < 1.29 is 0 Å². The third-order valence-corrected chi connectivity index (χ3v) is 0.831. The van der Waals surface area contributed by atoms with Gasteiger partial charge in [0.2, 0.25) is 0 Å². The summed E-state index contributed by atoms with van der Waals surface area (Å²) in [7, 11) is 0. The van der Waals surface area contributed by atoms with Crippen LogP contribution in [-0.2, 0) is 0 Å². The van der Waals surface area contributed by atoms with Gasteiger partial charge in [-0.1, -0.05) is 5.92 Å². The van der Waals surface area contributed by atoms with E-state index in [1.54, 1.807) is 0 Å². The van der Waals surface area contributed by atoms with Crippen LogP contribution in [-0.4, -0.2) is 12.4 Å². The molecule has 2 heteroatoms. The molecule has 2 N–H and O–H groups in total. The van der Waals surface area contributed by atoms with Crippen LogP contribution in [0.4, 0.5) is 0 Å². The van der Waals surface area contributed by atoms with Crippen molar-refractivity contribution in [2.45, 2.75) is 12.8 Å². The van der Waals surface area contributed by atoms with Crippen LogP contribution in [0.1, 0.15) is 12.8 Å². The highest BCUT2D eigenvalue weighted by Gasteiger charge is 1.73. The molecule has 0 aromatic rings. The molecule has 0 amide bonds. The Morgan fingerprint density at radius 1 is 1.38 bits per heavy atom. The van der Waals surface area contributed by atoms with E-state index in [-0.39, 0.29) is 0 Å². The van der Waals surface area contributed by atoms with Crippen LogP contribution in [0.25, 0.3) is 0 Å². The minimum Gasteiger partial charge on any atom is -0.330 e.